The highest BCUT2D eigenvalue weighted by Gasteiger charge is 2.08. The van der Waals surface area contributed by atoms with Crippen molar-refractivity contribution in [3.63, 3.8) is 0 Å². The molecule has 0 atom stereocenters. The molecule has 0 saturated carbocycles. The van der Waals surface area contributed by atoms with E-state index in [0.29, 0.717) is 6.61 Å². The van der Waals surface area contributed by atoms with Crippen molar-refractivity contribution in [1.29, 1.82) is 0 Å². The van der Waals surface area contributed by atoms with Crippen LogP contribution in [0.3, 0.4) is 0 Å². The lowest BCUT2D eigenvalue weighted by Crippen LogP contribution is -2.01. The molecule has 2 rings (SSSR count). The lowest BCUT2D eigenvalue weighted by molar-refractivity contribution is 0.271. The van der Waals surface area contributed by atoms with Crippen molar-refractivity contribution in [2.75, 3.05) is 13.2 Å². The molecular formula is C16H21NO2S. The molecule has 0 aliphatic carbocycles. The molecule has 0 spiro atoms. The zero-order chi connectivity index (χ0) is 14.2. The second-order valence-corrected chi connectivity index (χ2v) is 5.24. The maximum Gasteiger partial charge on any atom is 0.161 e. The van der Waals surface area contributed by atoms with Gasteiger partial charge in [0, 0.05) is 10.9 Å². The van der Waals surface area contributed by atoms with E-state index in [1.165, 1.54) is 12.8 Å². The van der Waals surface area contributed by atoms with Crippen LogP contribution in [0.1, 0.15) is 33.1 Å². The molecule has 1 aromatic heterocycles. The SMILES string of the molecule is CCCCCOc1ccc(-c2cscn2)cc1OCC. The smallest absolute Gasteiger partial charge is 0.161 e. The lowest BCUT2D eigenvalue weighted by atomic mass is 10.1. The summed E-state index contributed by atoms with van der Waals surface area (Å²) in [5.41, 5.74) is 3.88. The number of aromatic nitrogens is 1. The summed E-state index contributed by atoms with van der Waals surface area (Å²) in [5, 5.41) is 2.03. The summed E-state index contributed by atoms with van der Waals surface area (Å²) in [6, 6.07) is 6.02. The third kappa shape index (κ3) is 3.97. The Kier molecular flexibility index (Phi) is 5.87. The molecule has 0 bridgehead atoms. The molecule has 0 aliphatic heterocycles. The van der Waals surface area contributed by atoms with Crippen molar-refractivity contribution < 1.29 is 9.47 Å². The number of hydrogen-bond donors (Lipinski definition) is 0. The summed E-state index contributed by atoms with van der Waals surface area (Å²) in [6.07, 6.45) is 3.47. The van der Waals surface area contributed by atoms with E-state index in [1.807, 2.05) is 36.0 Å². The van der Waals surface area contributed by atoms with Crippen LogP contribution in [0.2, 0.25) is 0 Å². The molecule has 2 aromatic rings. The highest BCUT2D eigenvalue weighted by molar-refractivity contribution is 7.07. The second-order valence-electron chi connectivity index (χ2n) is 4.52. The Hall–Kier alpha value is -1.55. The zero-order valence-corrected chi connectivity index (χ0v) is 12.9. The van der Waals surface area contributed by atoms with Gasteiger partial charge >= 0.3 is 0 Å². The first kappa shape index (κ1) is 14.9. The Labute approximate surface area is 124 Å². The Morgan fingerprint density at radius 1 is 1.10 bits per heavy atom. The summed E-state index contributed by atoms with van der Waals surface area (Å²) in [6.45, 7) is 5.54. The first-order valence-corrected chi connectivity index (χ1v) is 8.07. The minimum atomic E-state index is 0.631. The number of thiazole rings is 1. The fourth-order valence-electron chi connectivity index (χ4n) is 1.94. The Balaban J connectivity index is 2.11. The molecule has 0 aliphatic rings. The predicted octanol–water partition coefficient (Wildman–Crippen LogP) is 4.78. The minimum absolute atomic E-state index is 0.631. The number of unbranched alkanes of at least 4 members (excludes halogenated alkanes) is 2. The van der Waals surface area contributed by atoms with Gasteiger partial charge in [-0.1, -0.05) is 19.8 Å². The summed E-state index contributed by atoms with van der Waals surface area (Å²) in [5.74, 6) is 1.62. The van der Waals surface area contributed by atoms with Crippen molar-refractivity contribution in [2.45, 2.75) is 33.1 Å². The number of ether oxygens (including phenoxy) is 2. The summed E-state index contributed by atoms with van der Waals surface area (Å²) >= 11 is 1.59. The quantitative estimate of drug-likeness (QED) is 0.656. The van der Waals surface area contributed by atoms with E-state index in [9.17, 15) is 0 Å². The van der Waals surface area contributed by atoms with E-state index < -0.39 is 0 Å². The van der Waals surface area contributed by atoms with Crippen LogP contribution in [0.25, 0.3) is 11.3 Å². The van der Waals surface area contributed by atoms with Crippen molar-refractivity contribution in [2.24, 2.45) is 0 Å². The molecule has 0 N–H and O–H groups in total. The topological polar surface area (TPSA) is 31.4 Å². The molecular weight excluding hydrogens is 270 g/mol. The maximum absolute atomic E-state index is 5.82. The van der Waals surface area contributed by atoms with E-state index in [0.717, 1.165) is 35.8 Å². The Morgan fingerprint density at radius 2 is 2.00 bits per heavy atom. The van der Waals surface area contributed by atoms with Gasteiger partial charge in [-0.25, -0.2) is 4.98 Å². The highest BCUT2D eigenvalue weighted by Crippen LogP contribution is 2.32. The van der Waals surface area contributed by atoms with Crippen LogP contribution >= 0.6 is 11.3 Å². The number of benzene rings is 1. The first-order valence-electron chi connectivity index (χ1n) is 7.13. The second kappa shape index (κ2) is 7.90. The molecule has 20 heavy (non-hydrogen) atoms. The fraction of sp³-hybridized carbons (Fsp3) is 0.438. The van der Waals surface area contributed by atoms with Gasteiger partial charge in [-0.05, 0) is 31.5 Å². The van der Waals surface area contributed by atoms with Gasteiger partial charge in [0.25, 0.3) is 0 Å². The molecule has 1 aromatic carbocycles. The molecule has 3 nitrogen and oxygen atoms in total. The summed E-state index contributed by atoms with van der Waals surface area (Å²) in [7, 11) is 0. The molecule has 0 unspecified atom stereocenters. The van der Waals surface area contributed by atoms with E-state index in [2.05, 4.69) is 11.9 Å². The van der Waals surface area contributed by atoms with Crippen LogP contribution in [0.5, 0.6) is 11.5 Å². The average molecular weight is 291 g/mol. The van der Waals surface area contributed by atoms with Gasteiger partial charge < -0.3 is 9.47 Å². The third-order valence-corrected chi connectivity index (χ3v) is 3.56. The van der Waals surface area contributed by atoms with Gasteiger partial charge in [0.1, 0.15) is 0 Å². The van der Waals surface area contributed by atoms with E-state index in [-0.39, 0.29) is 0 Å². The van der Waals surface area contributed by atoms with Crippen LogP contribution < -0.4 is 9.47 Å². The monoisotopic (exact) mass is 291 g/mol. The Bertz CT molecular complexity index is 511. The summed E-state index contributed by atoms with van der Waals surface area (Å²) < 4.78 is 11.5. The third-order valence-electron chi connectivity index (χ3n) is 2.98. The zero-order valence-electron chi connectivity index (χ0n) is 12.1. The highest BCUT2D eigenvalue weighted by atomic mass is 32.1. The fourth-order valence-corrected chi connectivity index (χ4v) is 2.51. The van der Waals surface area contributed by atoms with Crippen LogP contribution in [0, 0.1) is 0 Å². The van der Waals surface area contributed by atoms with Crippen molar-refractivity contribution >= 4 is 11.3 Å². The van der Waals surface area contributed by atoms with Gasteiger partial charge in [0.05, 0.1) is 24.4 Å². The lowest BCUT2D eigenvalue weighted by Gasteiger charge is -2.12. The average Bonchev–Trinajstić information content (AvgIpc) is 2.99. The normalized spacial score (nSPS) is 10.5. The molecule has 0 radical (unpaired) electrons. The van der Waals surface area contributed by atoms with Gasteiger partial charge in [0.15, 0.2) is 11.5 Å². The van der Waals surface area contributed by atoms with Crippen LogP contribution in [-0.2, 0) is 0 Å². The molecule has 0 fully saturated rings. The Morgan fingerprint density at radius 3 is 2.70 bits per heavy atom. The first-order chi connectivity index (χ1) is 9.85. The van der Waals surface area contributed by atoms with Crippen molar-refractivity contribution in [1.82, 2.24) is 4.98 Å². The van der Waals surface area contributed by atoms with Crippen LogP contribution in [-0.4, -0.2) is 18.2 Å². The number of hydrogen-bond acceptors (Lipinski definition) is 4. The van der Waals surface area contributed by atoms with Gasteiger partial charge in [0.2, 0.25) is 0 Å². The van der Waals surface area contributed by atoms with Crippen molar-refractivity contribution in [3.05, 3.63) is 29.1 Å². The van der Waals surface area contributed by atoms with Crippen molar-refractivity contribution in [3.8, 4) is 22.8 Å². The molecule has 0 saturated heterocycles. The van der Waals surface area contributed by atoms with E-state index >= 15 is 0 Å². The van der Waals surface area contributed by atoms with Gasteiger partial charge in [-0.2, -0.15) is 0 Å². The predicted molar refractivity (Wildman–Crippen MR) is 83.7 cm³/mol. The minimum Gasteiger partial charge on any atom is -0.490 e. The maximum atomic E-state index is 5.82. The van der Waals surface area contributed by atoms with E-state index in [1.54, 1.807) is 11.3 Å². The standard InChI is InChI=1S/C16H21NO2S/c1-3-5-6-9-19-15-8-7-13(10-16(15)18-4-2)14-11-20-12-17-14/h7-8,10-12H,3-6,9H2,1-2H3. The van der Waals surface area contributed by atoms with Gasteiger partial charge in [-0.3, -0.25) is 0 Å². The van der Waals surface area contributed by atoms with Crippen LogP contribution in [0.4, 0.5) is 0 Å². The summed E-state index contributed by atoms with van der Waals surface area (Å²) in [4.78, 5) is 4.33. The number of rotatable bonds is 8. The van der Waals surface area contributed by atoms with Crippen LogP contribution in [0.15, 0.2) is 29.1 Å². The molecule has 4 heteroatoms. The largest absolute Gasteiger partial charge is 0.490 e. The number of nitrogens with zero attached hydrogens (tertiary/aromatic N) is 1. The molecule has 1 heterocycles. The van der Waals surface area contributed by atoms with Gasteiger partial charge in [-0.15, -0.1) is 11.3 Å². The molecule has 0 amide bonds. The molecule has 108 valence electrons. The van der Waals surface area contributed by atoms with E-state index in [4.69, 9.17) is 9.47 Å².